The highest BCUT2D eigenvalue weighted by Crippen LogP contribution is 1.65. The summed E-state index contributed by atoms with van der Waals surface area (Å²) in [7, 11) is 0. The fourth-order valence-corrected chi connectivity index (χ4v) is 0.169. The topological polar surface area (TPSA) is 49.7 Å². The minimum atomic E-state index is -0.125. The van der Waals surface area contributed by atoms with Gasteiger partial charge in [0.1, 0.15) is 13.2 Å². The molecule has 3 nitrogen and oxygen atoms in total. The van der Waals surface area contributed by atoms with Crippen LogP contribution in [0.15, 0.2) is 0 Å². The maximum atomic E-state index is 7.62. The molecule has 0 spiro atoms. The van der Waals surface area contributed by atoms with E-state index in [1.54, 1.807) is 0 Å². The van der Waals surface area contributed by atoms with Gasteiger partial charge in [-0.15, -0.1) is 12.8 Å². The van der Waals surface area contributed by atoms with Gasteiger partial charge in [0, 0.05) is 0 Å². The Morgan fingerprint density at radius 2 is 1.36 bits per heavy atom. The Morgan fingerprint density at radius 1 is 1.00 bits per heavy atom. The Morgan fingerprint density at radius 3 is 1.55 bits per heavy atom. The normalized spacial score (nSPS) is 6.91. The number of hydrogen-bond donors (Lipinski definition) is 2. The molecule has 0 aromatic heterocycles. The van der Waals surface area contributed by atoms with Crippen molar-refractivity contribution < 1.29 is 14.9 Å². The van der Waals surface area contributed by atoms with Gasteiger partial charge in [0.15, 0.2) is 0 Å². The first kappa shape index (κ1) is 12.7. The molecule has 0 bridgehead atoms. The summed E-state index contributed by atoms with van der Waals surface area (Å²) in [6.45, 7) is 0.369. The zero-order valence-electron chi connectivity index (χ0n) is 6.29. The monoisotopic (exact) mass is 156 g/mol. The average molecular weight is 156 g/mol. The zero-order valence-corrected chi connectivity index (χ0v) is 6.29. The van der Waals surface area contributed by atoms with Gasteiger partial charge in [-0.1, -0.05) is 11.8 Å². The van der Waals surface area contributed by atoms with Crippen LogP contribution >= 0.6 is 0 Å². The van der Waals surface area contributed by atoms with Crippen molar-refractivity contribution in [2.45, 2.75) is 0 Å². The molecule has 0 aliphatic carbocycles. The molecule has 0 atom stereocenters. The summed E-state index contributed by atoms with van der Waals surface area (Å²) in [5.41, 5.74) is 0. The van der Waals surface area contributed by atoms with Gasteiger partial charge in [-0.3, -0.25) is 0 Å². The second-order valence-corrected chi connectivity index (χ2v) is 1.35. The Kier molecular flexibility index (Phi) is 18.4. The Bertz CT molecular complexity index is 113. The highest BCUT2D eigenvalue weighted by molar-refractivity contribution is 4.87. The largest absolute Gasteiger partial charge is 0.394 e. The van der Waals surface area contributed by atoms with Crippen LogP contribution in [0.1, 0.15) is 0 Å². The minimum Gasteiger partial charge on any atom is -0.394 e. The lowest BCUT2D eigenvalue weighted by Gasteiger charge is -1.86. The maximum absolute atomic E-state index is 7.62. The van der Waals surface area contributed by atoms with Gasteiger partial charge in [0.2, 0.25) is 0 Å². The number of rotatable bonds is 3. The SMILES string of the molecule is C#CCOCC#C.OCCO. The molecule has 11 heavy (non-hydrogen) atoms. The van der Waals surface area contributed by atoms with Crippen molar-refractivity contribution in [3.05, 3.63) is 0 Å². The molecule has 0 saturated carbocycles. The molecular weight excluding hydrogens is 144 g/mol. The van der Waals surface area contributed by atoms with E-state index in [1.807, 2.05) is 0 Å². The molecule has 0 aromatic rings. The van der Waals surface area contributed by atoms with E-state index in [1.165, 1.54) is 0 Å². The lowest BCUT2D eigenvalue weighted by Crippen LogP contribution is -1.89. The maximum Gasteiger partial charge on any atom is 0.108 e. The number of aliphatic hydroxyl groups excluding tert-OH is 2. The molecule has 0 aliphatic rings. The molecule has 62 valence electrons. The highest BCUT2D eigenvalue weighted by Gasteiger charge is 1.71. The third kappa shape index (κ3) is 27.6. The minimum absolute atomic E-state index is 0.125. The van der Waals surface area contributed by atoms with Crippen molar-refractivity contribution >= 4 is 0 Å². The number of aliphatic hydroxyl groups is 2. The van der Waals surface area contributed by atoms with Crippen LogP contribution in [0.25, 0.3) is 0 Å². The molecule has 0 saturated heterocycles. The van der Waals surface area contributed by atoms with E-state index in [0.29, 0.717) is 13.2 Å². The van der Waals surface area contributed by atoms with Gasteiger partial charge < -0.3 is 14.9 Å². The van der Waals surface area contributed by atoms with Gasteiger partial charge in [-0.25, -0.2) is 0 Å². The number of terminal acetylenes is 2. The molecule has 2 N–H and O–H groups in total. The van der Waals surface area contributed by atoms with Crippen LogP contribution in [-0.4, -0.2) is 36.6 Å². The summed E-state index contributed by atoms with van der Waals surface area (Å²) in [5.74, 6) is 4.57. The van der Waals surface area contributed by atoms with E-state index < -0.39 is 0 Å². The van der Waals surface area contributed by atoms with Crippen molar-refractivity contribution in [2.24, 2.45) is 0 Å². The van der Waals surface area contributed by atoms with Crippen molar-refractivity contribution in [3.8, 4) is 24.7 Å². The molecule has 0 rings (SSSR count). The third-order valence-corrected chi connectivity index (χ3v) is 0.471. The highest BCUT2D eigenvalue weighted by atomic mass is 16.5. The van der Waals surface area contributed by atoms with Crippen molar-refractivity contribution in [1.29, 1.82) is 0 Å². The standard InChI is InChI=1S/C6H6O.C2H6O2/c1-3-5-7-6-4-2;3-1-2-4/h1-2H,5-6H2;3-4H,1-2H2. The number of hydrogen-bond acceptors (Lipinski definition) is 3. The fourth-order valence-electron chi connectivity index (χ4n) is 0.169. The lowest BCUT2D eigenvalue weighted by atomic mass is 10.7. The Hall–Kier alpha value is -1.00. The van der Waals surface area contributed by atoms with Gasteiger partial charge in [-0.05, 0) is 0 Å². The van der Waals surface area contributed by atoms with E-state index in [0.717, 1.165) is 0 Å². The quantitative estimate of drug-likeness (QED) is 0.417. The van der Waals surface area contributed by atoms with E-state index >= 15 is 0 Å². The Balaban J connectivity index is 0. The zero-order chi connectivity index (χ0) is 8.95. The van der Waals surface area contributed by atoms with Crippen molar-refractivity contribution in [1.82, 2.24) is 0 Å². The summed E-state index contributed by atoms with van der Waals surface area (Å²) in [6.07, 6.45) is 9.65. The molecule has 3 heteroatoms. The van der Waals surface area contributed by atoms with Crippen LogP contribution in [0.3, 0.4) is 0 Å². The van der Waals surface area contributed by atoms with E-state index in [-0.39, 0.29) is 13.2 Å². The summed E-state index contributed by atoms with van der Waals surface area (Å²) >= 11 is 0. The van der Waals surface area contributed by atoms with Gasteiger partial charge >= 0.3 is 0 Å². The number of ether oxygens (including phenoxy) is 1. The van der Waals surface area contributed by atoms with E-state index in [9.17, 15) is 0 Å². The second kappa shape index (κ2) is 16.0. The van der Waals surface area contributed by atoms with E-state index in [4.69, 9.17) is 23.1 Å². The molecule has 0 fully saturated rings. The summed E-state index contributed by atoms with van der Waals surface area (Å²) < 4.78 is 4.66. The molecule has 0 aliphatic heterocycles. The van der Waals surface area contributed by atoms with Crippen LogP contribution in [0.4, 0.5) is 0 Å². The molecule has 0 aromatic carbocycles. The predicted molar refractivity (Wildman–Crippen MR) is 42.7 cm³/mol. The summed E-state index contributed by atoms with van der Waals surface area (Å²) in [4.78, 5) is 0. The second-order valence-electron chi connectivity index (χ2n) is 1.35. The molecule has 0 heterocycles. The van der Waals surface area contributed by atoms with Crippen LogP contribution in [0.2, 0.25) is 0 Å². The first-order valence-corrected chi connectivity index (χ1v) is 2.99. The smallest absolute Gasteiger partial charge is 0.108 e. The lowest BCUT2D eigenvalue weighted by molar-refractivity contribution is 0.186. The van der Waals surface area contributed by atoms with Gasteiger partial charge in [0.05, 0.1) is 13.2 Å². The summed E-state index contributed by atoms with van der Waals surface area (Å²) in [6, 6.07) is 0. The van der Waals surface area contributed by atoms with E-state index in [2.05, 4.69) is 16.6 Å². The van der Waals surface area contributed by atoms with Crippen molar-refractivity contribution in [3.63, 3.8) is 0 Å². The van der Waals surface area contributed by atoms with Crippen LogP contribution in [0.5, 0.6) is 0 Å². The van der Waals surface area contributed by atoms with Gasteiger partial charge in [-0.2, -0.15) is 0 Å². The summed E-state index contributed by atoms with van der Waals surface area (Å²) in [5, 5.41) is 15.2. The molecule has 0 amide bonds. The fraction of sp³-hybridized carbons (Fsp3) is 0.500. The molecule has 0 unspecified atom stereocenters. The van der Waals surface area contributed by atoms with Crippen molar-refractivity contribution in [2.75, 3.05) is 26.4 Å². The predicted octanol–water partition coefficient (Wildman–Crippen LogP) is -0.760. The third-order valence-electron chi connectivity index (χ3n) is 0.471. The Labute approximate surface area is 67.0 Å². The van der Waals surface area contributed by atoms with Gasteiger partial charge in [0.25, 0.3) is 0 Å². The molecular formula is C8H12O3. The molecule has 0 radical (unpaired) electrons. The first-order chi connectivity index (χ1) is 5.33. The average Bonchev–Trinajstić information content (AvgIpc) is 2.06. The first-order valence-electron chi connectivity index (χ1n) is 2.99. The van der Waals surface area contributed by atoms with Crippen LogP contribution < -0.4 is 0 Å². The van der Waals surface area contributed by atoms with Crippen LogP contribution in [-0.2, 0) is 4.74 Å². The van der Waals surface area contributed by atoms with Crippen LogP contribution in [0, 0.1) is 24.7 Å².